The second-order valence-corrected chi connectivity index (χ2v) is 9.01. The fraction of sp³-hybridized carbons (Fsp3) is 0.125. The van der Waals surface area contributed by atoms with Gasteiger partial charge in [0.15, 0.2) is 0 Å². The Morgan fingerprint density at radius 1 is 0.625 bits per heavy atom. The number of hydrogen-bond donors (Lipinski definition) is 0. The van der Waals surface area contributed by atoms with Gasteiger partial charge in [-0.1, -0.05) is 128 Å². The fourth-order valence-electron chi connectivity index (χ4n) is 5.81. The van der Waals surface area contributed by atoms with Crippen molar-refractivity contribution in [3.8, 4) is 11.1 Å². The molecule has 0 spiro atoms. The third-order valence-corrected chi connectivity index (χ3v) is 7.10. The first-order valence-corrected chi connectivity index (χ1v) is 11.5. The van der Waals surface area contributed by atoms with Crippen molar-refractivity contribution in [2.24, 2.45) is 5.92 Å². The van der Waals surface area contributed by atoms with Gasteiger partial charge in [-0.3, -0.25) is 0 Å². The van der Waals surface area contributed by atoms with Crippen LogP contribution < -0.4 is 0 Å². The standard InChI is InChI=1S/C32H26/c1-23-12-10-13-24(22-23)27-19-11-20-29-28-18-8-9-21-30(28)32(31(27)29,25-14-4-2-5-15-25)26-16-6-3-7-17-26/h2-21,23H,22H2,1H3/t23-/m1/s1. The highest BCUT2D eigenvalue weighted by atomic mass is 14.5. The van der Waals surface area contributed by atoms with E-state index in [1.807, 2.05) is 0 Å². The molecule has 0 saturated carbocycles. The third-order valence-electron chi connectivity index (χ3n) is 7.10. The first-order chi connectivity index (χ1) is 15.8. The molecule has 0 bridgehead atoms. The average Bonchev–Trinajstić information content (AvgIpc) is 3.17. The summed E-state index contributed by atoms with van der Waals surface area (Å²) >= 11 is 0. The van der Waals surface area contributed by atoms with E-state index >= 15 is 0 Å². The molecule has 0 aromatic heterocycles. The molecule has 32 heavy (non-hydrogen) atoms. The van der Waals surface area contributed by atoms with Crippen LogP contribution in [0.5, 0.6) is 0 Å². The predicted octanol–water partition coefficient (Wildman–Crippen LogP) is 8.03. The largest absolute Gasteiger partial charge is 0.0814 e. The summed E-state index contributed by atoms with van der Waals surface area (Å²) in [5.41, 5.74) is 10.6. The van der Waals surface area contributed by atoms with Gasteiger partial charge in [0.2, 0.25) is 0 Å². The van der Waals surface area contributed by atoms with Crippen molar-refractivity contribution in [3.05, 3.63) is 149 Å². The van der Waals surface area contributed by atoms with Crippen molar-refractivity contribution in [3.63, 3.8) is 0 Å². The predicted molar refractivity (Wildman–Crippen MR) is 135 cm³/mol. The van der Waals surface area contributed by atoms with Gasteiger partial charge in [0.1, 0.15) is 0 Å². The highest BCUT2D eigenvalue weighted by molar-refractivity contribution is 5.91. The van der Waals surface area contributed by atoms with Crippen molar-refractivity contribution in [1.82, 2.24) is 0 Å². The minimum absolute atomic E-state index is 0.337. The SMILES string of the molecule is C[C@@H]1C=CC=C(c2cccc3c2C(c2ccccc2)(c2ccccc2)c2ccccc2-3)C1. The molecule has 0 nitrogen and oxygen atoms in total. The van der Waals surface area contributed by atoms with Gasteiger partial charge in [-0.25, -0.2) is 0 Å². The molecule has 0 heteroatoms. The molecule has 0 fully saturated rings. The first-order valence-electron chi connectivity index (χ1n) is 11.5. The second-order valence-electron chi connectivity index (χ2n) is 9.01. The molecule has 0 heterocycles. The lowest BCUT2D eigenvalue weighted by Crippen LogP contribution is -2.29. The van der Waals surface area contributed by atoms with Gasteiger partial charge in [-0.15, -0.1) is 0 Å². The summed E-state index contributed by atoms with van der Waals surface area (Å²) in [5, 5.41) is 0. The molecule has 2 aliphatic carbocycles. The van der Waals surface area contributed by atoms with Crippen LogP contribution in [-0.4, -0.2) is 0 Å². The highest BCUT2D eigenvalue weighted by Gasteiger charge is 2.47. The number of benzene rings is 4. The van der Waals surface area contributed by atoms with E-state index in [1.54, 1.807) is 0 Å². The van der Waals surface area contributed by atoms with Gasteiger partial charge in [-0.2, -0.15) is 0 Å². The van der Waals surface area contributed by atoms with Crippen LogP contribution in [0, 0.1) is 5.92 Å². The molecular formula is C32H26. The van der Waals surface area contributed by atoms with Gasteiger partial charge >= 0.3 is 0 Å². The Kier molecular flexibility index (Phi) is 4.47. The zero-order valence-corrected chi connectivity index (χ0v) is 18.3. The van der Waals surface area contributed by atoms with Gasteiger partial charge < -0.3 is 0 Å². The summed E-state index contributed by atoms with van der Waals surface area (Å²) in [6.45, 7) is 2.31. The van der Waals surface area contributed by atoms with Crippen LogP contribution in [0.2, 0.25) is 0 Å². The van der Waals surface area contributed by atoms with Crippen LogP contribution >= 0.6 is 0 Å². The molecule has 6 rings (SSSR count). The van der Waals surface area contributed by atoms with Crippen molar-refractivity contribution >= 4 is 5.57 Å². The molecule has 0 amide bonds. The minimum atomic E-state index is -0.337. The van der Waals surface area contributed by atoms with Gasteiger partial charge in [0, 0.05) is 0 Å². The Morgan fingerprint density at radius 3 is 1.91 bits per heavy atom. The van der Waals surface area contributed by atoms with Crippen molar-refractivity contribution in [2.45, 2.75) is 18.8 Å². The van der Waals surface area contributed by atoms with E-state index in [-0.39, 0.29) is 5.41 Å². The molecule has 0 saturated heterocycles. The molecular weight excluding hydrogens is 384 g/mol. The highest BCUT2D eigenvalue weighted by Crippen LogP contribution is 2.58. The second kappa shape index (κ2) is 7.50. The molecule has 4 aromatic carbocycles. The Hall–Kier alpha value is -3.64. The monoisotopic (exact) mass is 410 g/mol. The summed E-state index contributed by atoms with van der Waals surface area (Å²) in [7, 11) is 0. The molecule has 0 unspecified atom stereocenters. The Morgan fingerprint density at radius 2 is 1.22 bits per heavy atom. The first kappa shape index (κ1) is 19.1. The maximum atomic E-state index is 2.34. The molecule has 1 atom stereocenters. The lowest BCUT2D eigenvalue weighted by Gasteiger charge is -2.36. The molecule has 0 N–H and O–H groups in total. The third kappa shape index (κ3) is 2.69. The Labute approximate surface area is 190 Å². The topological polar surface area (TPSA) is 0 Å². The van der Waals surface area contributed by atoms with Crippen molar-refractivity contribution in [1.29, 1.82) is 0 Å². The van der Waals surface area contributed by atoms with Crippen LogP contribution in [0.3, 0.4) is 0 Å². The van der Waals surface area contributed by atoms with E-state index in [0.29, 0.717) is 5.92 Å². The number of allylic oxidation sites excluding steroid dienone is 4. The van der Waals surface area contributed by atoms with Gasteiger partial charge in [-0.05, 0) is 56.9 Å². The number of rotatable bonds is 3. The van der Waals surface area contributed by atoms with E-state index in [0.717, 1.165) is 6.42 Å². The van der Waals surface area contributed by atoms with Crippen molar-refractivity contribution < 1.29 is 0 Å². The zero-order valence-electron chi connectivity index (χ0n) is 18.3. The zero-order chi connectivity index (χ0) is 21.5. The summed E-state index contributed by atoms with van der Waals surface area (Å²) in [4.78, 5) is 0. The molecule has 0 aliphatic heterocycles. The summed E-state index contributed by atoms with van der Waals surface area (Å²) in [6.07, 6.45) is 7.93. The number of fused-ring (bicyclic) bond motifs is 3. The quantitative estimate of drug-likeness (QED) is 0.282. The Bertz CT molecular complexity index is 1300. The smallest absolute Gasteiger partial charge is 0.0719 e. The Balaban J connectivity index is 1.78. The molecule has 4 aromatic rings. The van der Waals surface area contributed by atoms with E-state index in [1.165, 1.54) is 44.5 Å². The van der Waals surface area contributed by atoms with Crippen LogP contribution in [0.15, 0.2) is 121 Å². The maximum absolute atomic E-state index is 2.34. The van der Waals surface area contributed by atoms with E-state index in [4.69, 9.17) is 0 Å². The van der Waals surface area contributed by atoms with E-state index in [2.05, 4.69) is 128 Å². The van der Waals surface area contributed by atoms with Crippen LogP contribution in [-0.2, 0) is 5.41 Å². The fourth-order valence-corrected chi connectivity index (χ4v) is 5.81. The van der Waals surface area contributed by atoms with Crippen molar-refractivity contribution in [2.75, 3.05) is 0 Å². The average molecular weight is 411 g/mol. The summed E-state index contributed by atoms with van der Waals surface area (Å²) in [5.74, 6) is 0.553. The van der Waals surface area contributed by atoms with Crippen LogP contribution in [0.25, 0.3) is 16.7 Å². The summed E-state index contributed by atoms with van der Waals surface area (Å²) < 4.78 is 0. The van der Waals surface area contributed by atoms with Crippen LogP contribution in [0.1, 0.15) is 41.2 Å². The molecule has 154 valence electrons. The van der Waals surface area contributed by atoms with Crippen LogP contribution in [0.4, 0.5) is 0 Å². The molecule has 2 aliphatic rings. The van der Waals surface area contributed by atoms with Gasteiger partial charge in [0.25, 0.3) is 0 Å². The lowest BCUT2D eigenvalue weighted by atomic mass is 9.65. The normalized spacial score (nSPS) is 18.0. The lowest BCUT2D eigenvalue weighted by molar-refractivity contribution is 0.738. The van der Waals surface area contributed by atoms with E-state index < -0.39 is 0 Å². The minimum Gasteiger partial charge on any atom is -0.0814 e. The van der Waals surface area contributed by atoms with E-state index in [9.17, 15) is 0 Å². The molecule has 0 radical (unpaired) electrons. The summed E-state index contributed by atoms with van der Waals surface area (Å²) in [6, 6.07) is 38.0. The maximum Gasteiger partial charge on any atom is 0.0719 e. The van der Waals surface area contributed by atoms with Gasteiger partial charge in [0.05, 0.1) is 5.41 Å². The number of hydrogen-bond acceptors (Lipinski definition) is 0.